The number of hydrogen-bond donors (Lipinski definition) is 1. The minimum atomic E-state index is -0.615. The third-order valence-electron chi connectivity index (χ3n) is 3.92. The van der Waals surface area contributed by atoms with Gasteiger partial charge in [-0.05, 0) is 18.8 Å². The molecule has 0 rings (SSSR count). The average molecular weight is 256 g/mol. The van der Waals surface area contributed by atoms with E-state index in [1.54, 1.807) is 0 Å². The standard InChI is InChI=1S/C16H32O2/c1-4-7-8-11-14(10-5-2)12-9-13-15(6-3)16(17)18/h14-15H,4-13H2,1-3H3,(H,17,18). The molecule has 0 saturated heterocycles. The van der Waals surface area contributed by atoms with Gasteiger partial charge in [0.05, 0.1) is 5.92 Å². The summed E-state index contributed by atoms with van der Waals surface area (Å²) < 4.78 is 0. The van der Waals surface area contributed by atoms with Crippen molar-refractivity contribution in [2.75, 3.05) is 0 Å². The minimum absolute atomic E-state index is 0.122. The largest absolute Gasteiger partial charge is 0.481 e. The van der Waals surface area contributed by atoms with Gasteiger partial charge in [-0.2, -0.15) is 0 Å². The van der Waals surface area contributed by atoms with Crippen molar-refractivity contribution in [2.24, 2.45) is 11.8 Å². The van der Waals surface area contributed by atoms with Gasteiger partial charge in [-0.15, -0.1) is 0 Å². The fourth-order valence-electron chi connectivity index (χ4n) is 2.68. The molecule has 2 unspecified atom stereocenters. The van der Waals surface area contributed by atoms with Crippen molar-refractivity contribution >= 4 is 5.97 Å². The third kappa shape index (κ3) is 8.54. The molecular formula is C16H32O2. The molecule has 0 bridgehead atoms. The van der Waals surface area contributed by atoms with Crippen molar-refractivity contribution in [3.63, 3.8) is 0 Å². The number of aliphatic carboxylic acids is 1. The van der Waals surface area contributed by atoms with Crippen LogP contribution in [0.2, 0.25) is 0 Å². The summed E-state index contributed by atoms with van der Waals surface area (Å²) in [5.41, 5.74) is 0. The van der Waals surface area contributed by atoms with E-state index >= 15 is 0 Å². The molecule has 1 N–H and O–H groups in total. The van der Waals surface area contributed by atoms with Crippen LogP contribution in [0.4, 0.5) is 0 Å². The molecule has 0 aliphatic heterocycles. The van der Waals surface area contributed by atoms with Gasteiger partial charge in [-0.3, -0.25) is 4.79 Å². The number of hydrogen-bond acceptors (Lipinski definition) is 1. The van der Waals surface area contributed by atoms with Crippen LogP contribution in [0.15, 0.2) is 0 Å². The quantitative estimate of drug-likeness (QED) is 0.483. The van der Waals surface area contributed by atoms with Gasteiger partial charge in [-0.25, -0.2) is 0 Å². The van der Waals surface area contributed by atoms with Crippen LogP contribution in [0.25, 0.3) is 0 Å². The van der Waals surface area contributed by atoms with Crippen LogP contribution < -0.4 is 0 Å². The van der Waals surface area contributed by atoms with Crippen LogP contribution in [0, 0.1) is 11.8 Å². The van der Waals surface area contributed by atoms with Crippen LogP contribution in [0.1, 0.15) is 85.0 Å². The molecule has 2 nitrogen and oxygen atoms in total. The summed E-state index contributed by atoms with van der Waals surface area (Å²) in [7, 11) is 0. The molecule has 0 radical (unpaired) electrons. The summed E-state index contributed by atoms with van der Waals surface area (Å²) in [6.07, 6.45) is 11.8. The first kappa shape index (κ1) is 17.5. The third-order valence-corrected chi connectivity index (χ3v) is 3.92. The average Bonchev–Trinajstić information content (AvgIpc) is 2.34. The lowest BCUT2D eigenvalue weighted by Crippen LogP contribution is -2.13. The van der Waals surface area contributed by atoms with Gasteiger partial charge in [0, 0.05) is 0 Å². The van der Waals surface area contributed by atoms with Crippen LogP contribution in [0.5, 0.6) is 0 Å². The van der Waals surface area contributed by atoms with Gasteiger partial charge in [0.1, 0.15) is 0 Å². The zero-order chi connectivity index (χ0) is 13.8. The highest BCUT2D eigenvalue weighted by Crippen LogP contribution is 2.23. The van der Waals surface area contributed by atoms with Gasteiger partial charge in [-0.1, -0.05) is 72.1 Å². The summed E-state index contributed by atoms with van der Waals surface area (Å²) in [4.78, 5) is 10.9. The second-order valence-electron chi connectivity index (χ2n) is 5.52. The Bertz CT molecular complexity index is 201. The maximum absolute atomic E-state index is 10.9. The predicted molar refractivity (Wildman–Crippen MR) is 77.8 cm³/mol. The van der Waals surface area contributed by atoms with Gasteiger partial charge in [0.2, 0.25) is 0 Å². The first-order valence-corrected chi connectivity index (χ1v) is 7.88. The van der Waals surface area contributed by atoms with E-state index in [1.807, 2.05) is 6.92 Å². The molecule has 2 atom stereocenters. The SMILES string of the molecule is CCCCCC(CCC)CCCC(CC)C(=O)O. The lowest BCUT2D eigenvalue weighted by Gasteiger charge is -2.17. The van der Waals surface area contributed by atoms with Crippen LogP contribution in [0.3, 0.4) is 0 Å². The minimum Gasteiger partial charge on any atom is -0.481 e. The first-order valence-electron chi connectivity index (χ1n) is 7.88. The smallest absolute Gasteiger partial charge is 0.306 e. The molecule has 108 valence electrons. The van der Waals surface area contributed by atoms with Gasteiger partial charge in [0.15, 0.2) is 0 Å². The topological polar surface area (TPSA) is 37.3 Å². The van der Waals surface area contributed by atoms with Crippen molar-refractivity contribution < 1.29 is 9.90 Å². The molecule has 0 aliphatic rings. The second-order valence-corrected chi connectivity index (χ2v) is 5.52. The lowest BCUT2D eigenvalue weighted by atomic mass is 9.89. The number of carboxylic acid groups (broad SMARTS) is 1. The highest BCUT2D eigenvalue weighted by Gasteiger charge is 2.15. The van der Waals surface area contributed by atoms with Crippen molar-refractivity contribution in [3.8, 4) is 0 Å². The first-order chi connectivity index (χ1) is 8.65. The molecule has 0 amide bonds. The summed E-state index contributed by atoms with van der Waals surface area (Å²) in [6, 6.07) is 0. The summed E-state index contributed by atoms with van der Waals surface area (Å²) in [5, 5.41) is 9.02. The van der Waals surface area contributed by atoms with E-state index in [1.165, 1.54) is 44.9 Å². The monoisotopic (exact) mass is 256 g/mol. The maximum Gasteiger partial charge on any atom is 0.306 e. The van der Waals surface area contributed by atoms with Gasteiger partial charge in [0.25, 0.3) is 0 Å². The Morgan fingerprint density at radius 3 is 2.06 bits per heavy atom. The van der Waals surface area contributed by atoms with Crippen molar-refractivity contribution in [1.82, 2.24) is 0 Å². The maximum atomic E-state index is 10.9. The fraction of sp³-hybridized carbons (Fsp3) is 0.938. The van der Waals surface area contributed by atoms with Crippen LogP contribution in [-0.4, -0.2) is 11.1 Å². The predicted octanol–water partition coefficient (Wildman–Crippen LogP) is 5.26. The number of carbonyl (C=O) groups is 1. The highest BCUT2D eigenvalue weighted by molar-refractivity contribution is 5.69. The molecule has 0 aromatic heterocycles. The Kier molecular flexibility index (Phi) is 11.2. The van der Waals surface area contributed by atoms with E-state index < -0.39 is 5.97 Å². The van der Waals surface area contributed by atoms with Crippen LogP contribution >= 0.6 is 0 Å². The van der Waals surface area contributed by atoms with Crippen molar-refractivity contribution in [1.29, 1.82) is 0 Å². The molecule has 0 saturated carbocycles. The van der Waals surface area contributed by atoms with E-state index in [-0.39, 0.29) is 5.92 Å². The number of carboxylic acids is 1. The molecular weight excluding hydrogens is 224 g/mol. The molecule has 0 aromatic rings. The number of rotatable bonds is 12. The highest BCUT2D eigenvalue weighted by atomic mass is 16.4. The van der Waals surface area contributed by atoms with E-state index in [0.717, 1.165) is 25.2 Å². The number of unbranched alkanes of at least 4 members (excludes halogenated alkanes) is 2. The van der Waals surface area contributed by atoms with E-state index in [2.05, 4.69) is 13.8 Å². The second kappa shape index (κ2) is 11.6. The molecule has 0 fully saturated rings. The van der Waals surface area contributed by atoms with Crippen molar-refractivity contribution in [2.45, 2.75) is 85.0 Å². The molecule has 0 heterocycles. The normalized spacial score (nSPS) is 14.4. The molecule has 0 aromatic carbocycles. The Morgan fingerprint density at radius 2 is 1.56 bits per heavy atom. The summed E-state index contributed by atoms with van der Waals surface area (Å²) >= 11 is 0. The van der Waals surface area contributed by atoms with Gasteiger partial charge >= 0.3 is 5.97 Å². The zero-order valence-electron chi connectivity index (χ0n) is 12.6. The summed E-state index contributed by atoms with van der Waals surface area (Å²) in [6.45, 7) is 6.47. The molecule has 2 heteroatoms. The molecule has 0 aliphatic carbocycles. The van der Waals surface area contributed by atoms with E-state index in [0.29, 0.717) is 0 Å². The lowest BCUT2D eigenvalue weighted by molar-refractivity contribution is -0.142. The van der Waals surface area contributed by atoms with Crippen molar-refractivity contribution in [3.05, 3.63) is 0 Å². The fourth-order valence-corrected chi connectivity index (χ4v) is 2.68. The van der Waals surface area contributed by atoms with Gasteiger partial charge < -0.3 is 5.11 Å². The molecule has 0 spiro atoms. The Labute approximate surface area is 113 Å². The van der Waals surface area contributed by atoms with E-state index in [9.17, 15) is 4.79 Å². The van der Waals surface area contributed by atoms with E-state index in [4.69, 9.17) is 5.11 Å². The Balaban J connectivity index is 3.83. The molecule has 18 heavy (non-hydrogen) atoms. The van der Waals surface area contributed by atoms with Crippen LogP contribution in [-0.2, 0) is 4.79 Å². The Hall–Kier alpha value is -0.530. The Morgan fingerprint density at radius 1 is 0.889 bits per heavy atom. The zero-order valence-corrected chi connectivity index (χ0v) is 12.6. The summed E-state index contributed by atoms with van der Waals surface area (Å²) in [5.74, 6) is 0.0892.